The molecule has 1 heterocycles. The van der Waals surface area contributed by atoms with E-state index in [1.807, 2.05) is 13.0 Å². The summed E-state index contributed by atoms with van der Waals surface area (Å²) in [6.45, 7) is 3.73. The van der Waals surface area contributed by atoms with E-state index in [1.165, 1.54) is 13.3 Å². The number of methoxy groups -OCH3 is 1. The Kier molecular flexibility index (Phi) is 6.28. The van der Waals surface area contributed by atoms with Crippen LogP contribution in [0.15, 0.2) is 54.4 Å². The Bertz CT molecular complexity index is 786. The van der Waals surface area contributed by atoms with Crippen molar-refractivity contribution in [1.82, 2.24) is 4.98 Å². The number of amides is 2. The van der Waals surface area contributed by atoms with Crippen molar-refractivity contribution in [2.75, 3.05) is 17.7 Å². The molecule has 1 aromatic heterocycles. The molecule has 2 rings (SSSR count). The van der Waals surface area contributed by atoms with Crippen LogP contribution in [-0.4, -0.2) is 23.9 Å². The molecule has 25 heavy (non-hydrogen) atoms. The minimum absolute atomic E-state index is 0.170. The number of allylic oxidation sites excluding steroid dienone is 1. The number of pyridine rings is 1. The molecule has 0 spiro atoms. The lowest BCUT2D eigenvalue weighted by Crippen LogP contribution is -2.14. The lowest BCUT2D eigenvalue weighted by atomic mass is 10.2. The average molecular weight is 339 g/mol. The van der Waals surface area contributed by atoms with Gasteiger partial charge in [-0.15, -0.1) is 0 Å². The predicted octanol–water partition coefficient (Wildman–Crippen LogP) is 3.64. The smallest absolute Gasteiger partial charge is 0.257 e. The molecule has 0 atom stereocenters. The summed E-state index contributed by atoms with van der Waals surface area (Å²) in [5.41, 5.74) is 2.19. The highest BCUT2D eigenvalue weighted by atomic mass is 16.5. The van der Waals surface area contributed by atoms with Crippen LogP contribution >= 0.6 is 0 Å². The van der Waals surface area contributed by atoms with Crippen LogP contribution in [0.1, 0.15) is 30.6 Å². The first-order chi connectivity index (χ1) is 12.0. The molecule has 2 N–H and O–H groups in total. The van der Waals surface area contributed by atoms with Crippen LogP contribution in [0.5, 0.6) is 5.75 Å². The Morgan fingerprint density at radius 2 is 2.04 bits per heavy atom. The summed E-state index contributed by atoms with van der Waals surface area (Å²) < 4.78 is 5.32. The maximum atomic E-state index is 12.2. The van der Waals surface area contributed by atoms with E-state index in [1.54, 1.807) is 43.5 Å². The van der Waals surface area contributed by atoms with Crippen molar-refractivity contribution in [1.29, 1.82) is 0 Å². The Labute approximate surface area is 146 Å². The van der Waals surface area contributed by atoms with E-state index >= 15 is 0 Å². The summed E-state index contributed by atoms with van der Waals surface area (Å²) in [5, 5.41) is 5.58. The Balaban J connectivity index is 2.15. The summed E-state index contributed by atoms with van der Waals surface area (Å²) in [6, 6.07) is 8.42. The first kappa shape index (κ1) is 18.2. The van der Waals surface area contributed by atoms with Gasteiger partial charge in [0.1, 0.15) is 5.75 Å². The van der Waals surface area contributed by atoms with Crippen molar-refractivity contribution < 1.29 is 14.3 Å². The molecule has 2 aromatic rings. The van der Waals surface area contributed by atoms with Crippen molar-refractivity contribution in [2.24, 2.45) is 0 Å². The standard InChI is InChI=1S/C19H21N3O3/c1-4-6-13(2)18(23)21-15-8-9-16(17(11-15)25-3)22-19(24)14-7-5-10-20-12-14/h5-12H,4H2,1-3H3,(H,21,23)(H,22,24). The lowest BCUT2D eigenvalue weighted by molar-refractivity contribution is -0.112. The third-order valence-corrected chi connectivity index (χ3v) is 3.50. The van der Waals surface area contributed by atoms with Gasteiger partial charge in [-0.1, -0.05) is 13.0 Å². The van der Waals surface area contributed by atoms with Crippen molar-refractivity contribution in [3.63, 3.8) is 0 Å². The number of aromatic nitrogens is 1. The zero-order valence-electron chi connectivity index (χ0n) is 14.5. The van der Waals surface area contributed by atoms with Gasteiger partial charge in [0, 0.05) is 29.7 Å². The van der Waals surface area contributed by atoms with Gasteiger partial charge in [0.15, 0.2) is 0 Å². The van der Waals surface area contributed by atoms with Crippen LogP contribution in [0.25, 0.3) is 0 Å². The van der Waals surface area contributed by atoms with E-state index in [2.05, 4.69) is 15.6 Å². The summed E-state index contributed by atoms with van der Waals surface area (Å²) in [7, 11) is 1.50. The lowest BCUT2D eigenvalue weighted by Gasteiger charge is -2.13. The van der Waals surface area contributed by atoms with Crippen LogP contribution in [0.4, 0.5) is 11.4 Å². The first-order valence-electron chi connectivity index (χ1n) is 7.92. The molecule has 6 nitrogen and oxygen atoms in total. The molecule has 130 valence electrons. The van der Waals surface area contributed by atoms with E-state index in [0.29, 0.717) is 28.3 Å². The molecule has 6 heteroatoms. The van der Waals surface area contributed by atoms with Crippen molar-refractivity contribution in [2.45, 2.75) is 20.3 Å². The van der Waals surface area contributed by atoms with Gasteiger partial charge in [-0.05, 0) is 37.6 Å². The molecule has 2 amide bonds. The SMILES string of the molecule is CCC=C(C)C(=O)Nc1ccc(NC(=O)c2cccnc2)c(OC)c1. The highest BCUT2D eigenvalue weighted by Crippen LogP contribution is 2.28. The number of carbonyl (C=O) groups excluding carboxylic acids is 2. The third-order valence-electron chi connectivity index (χ3n) is 3.50. The third kappa shape index (κ3) is 4.91. The fourth-order valence-corrected chi connectivity index (χ4v) is 2.19. The van der Waals surface area contributed by atoms with Gasteiger partial charge in [-0.3, -0.25) is 14.6 Å². The van der Waals surface area contributed by atoms with Gasteiger partial charge in [-0.25, -0.2) is 0 Å². The molecule has 0 saturated carbocycles. The molecule has 0 aliphatic carbocycles. The number of ether oxygens (including phenoxy) is 1. The number of nitrogens with one attached hydrogen (secondary N) is 2. The number of anilines is 2. The molecule has 0 saturated heterocycles. The summed E-state index contributed by atoms with van der Waals surface area (Å²) >= 11 is 0. The summed E-state index contributed by atoms with van der Waals surface area (Å²) in [6.07, 6.45) is 5.74. The predicted molar refractivity (Wildman–Crippen MR) is 97.9 cm³/mol. The largest absolute Gasteiger partial charge is 0.494 e. The van der Waals surface area contributed by atoms with Gasteiger partial charge in [-0.2, -0.15) is 0 Å². The Morgan fingerprint density at radius 1 is 1.24 bits per heavy atom. The quantitative estimate of drug-likeness (QED) is 0.788. The molecule has 0 aliphatic heterocycles. The van der Waals surface area contributed by atoms with Crippen LogP contribution in [0.3, 0.4) is 0 Å². The van der Waals surface area contributed by atoms with E-state index in [-0.39, 0.29) is 11.8 Å². The average Bonchev–Trinajstić information content (AvgIpc) is 2.63. The number of carbonyl (C=O) groups is 2. The Morgan fingerprint density at radius 3 is 2.68 bits per heavy atom. The van der Waals surface area contributed by atoms with Gasteiger partial charge in [0.05, 0.1) is 18.4 Å². The van der Waals surface area contributed by atoms with Gasteiger partial charge in [0.2, 0.25) is 0 Å². The molecule has 0 bridgehead atoms. The van der Waals surface area contributed by atoms with Crippen molar-refractivity contribution in [3.8, 4) is 5.75 Å². The number of rotatable bonds is 6. The van der Waals surface area contributed by atoms with E-state index < -0.39 is 0 Å². The molecule has 0 fully saturated rings. The molecular formula is C19H21N3O3. The van der Waals surface area contributed by atoms with Gasteiger partial charge < -0.3 is 15.4 Å². The highest BCUT2D eigenvalue weighted by Gasteiger charge is 2.12. The second-order valence-corrected chi connectivity index (χ2v) is 5.36. The first-order valence-corrected chi connectivity index (χ1v) is 7.92. The molecule has 1 aromatic carbocycles. The van der Waals surface area contributed by atoms with E-state index in [0.717, 1.165) is 6.42 Å². The van der Waals surface area contributed by atoms with Crippen LogP contribution in [0.2, 0.25) is 0 Å². The number of benzene rings is 1. The fraction of sp³-hybridized carbons (Fsp3) is 0.211. The molecule has 0 unspecified atom stereocenters. The second kappa shape index (κ2) is 8.63. The van der Waals surface area contributed by atoms with Gasteiger partial charge >= 0.3 is 0 Å². The monoisotopic (exact) mass is 339 g/mol. The van der Waals surface area contributed by atoms with Crippen molar-refractivity contribution >= 4 is 23.2 Å². The Hall–Kier alpha value is -3.15. The fourth-order valence-electron chi connectivity index (χ4n) is 2.19. The molecule has 0 radical (unpaired) electrons. The normalized spacial score (nSPS) is 10.9. The summed E-state index contributed by atoms with van der Waals surface area (Å²) in [4.78, 5) is 28.2. The van der Waals surface area contributed by atoms with Crippen LogP contribution in [0, 0.1) is 0 Å². The maximum absolute atomic E-state index is 12.2. The van der Waals surface area contributed by atoms with Crippen LogP contribution in [-0.2, 0) is 4.79 Å². The highest BCUT2D eigenvalue weighted by molar-refractivity contribution is 6.06. The van der Waals surface area contributed by atoms with Crippen molar-refractivity contribution in [3.05, 3.63) is 59.9 Å². The molecular weight excluding hydrogens is 318 g/mol. The zero-order chi connectivity index (χ0) is 18.2. The van der Waals surface area contributed by atoms with E-state index in [4.69, 9.17) is 4.74 Å². The summed E-state index contributed by atoms with van der Waals surface area (Å²) in [5.74, 6) is -0.00637. The minimum atomic E-state index is -0.287. The number of hydrogen-bond acceptors (Lipinski definition) is 4. The minimum Gasteiger partial charge on any atom is -0.494 e. The molecule has 0 aliphatic rings. The van der Waals surface area contributed by atoms with Gasteiger partial charge in [0.25, 0.3) is 11.8 Å². The van der Waals surface area contributed by atoms with Crippen LogP contribution < -0.4 is 15.4 Å². The topological polar surface area (TPSA) is 80.3 Å². The second-order valence-electron chi connectivity index (χ2n) is 5.36. The maximum Gasteiger partial charge on any atom is 0.257 e. The number of nitrogens with zero attached hydrogens (tertiary/aromatic N) is 1. The van der Waals surface area contributed by atoms with E-state index in [9.17, 15) is 9.59 Å². The number of hydrogen-bond donors (Lipinski definition) is 2. The zero-order valence-corrected chi connectivity index (χ0v) is 14.5.